The first-order valence-electron chi connectivity index (χ1n) is 8.14. The highest BCUT2D eigenvalue weighted by Crippen LogP contribution is 2.26. The third-order valence-electron chi connectivity index (χ3n) is 4.23. The molecule has 1 fully saturated rings. The van der Waals surface area contributed by atoms with Crippen molar-refractivity contribution in [3.8, 4) is 0 Å². The van der Waals surface area contributed by atoms with Crippen LogP contribution in [0.25, 0.3) is 0 Å². The molecule has 0 radical (unpaired) electrons. The van der Waals surface area contributed by atoms with E-state index in [1.165, 1.54) is 12.1 Å². The molecule has 0 bridgehead atoms. The molecule has 25 heavy (non-hydrogen) atoms. The van der Waals surface area contributed by atoms with Crippen molar-refractivity contribution in [2.75, 3.05) is 19.3 Å². The molecule has 5 nitrogen and oxygen atoms in total. The number of benzene rings is 2. The molecule has 3 rings (SSSR count). The minimum atomic E-state index is -3.35. The van der Waals surface area contributed by atoms with Crippen LogP contribution < -0.4 is 0 Å². The number of sulfone groups is 1. The molecule has 2 aromatic rings. The minimum absolute atomic E-state index is 0.0963. The van der Waals surface area contributed by atoms with Crippen LogP contribution in [0.3, 0.4) is 0 Å². The summed E-state index contributed by atoms with van der Waals surface area (Å²) in [5, 5.41) is 0. The van der Waals surface area contributed by atoms with Gasteiger partial charge in [0, 0.05) is 18.4 Å². The summed E-state index contributed by atoms with van der Waals surface area (Å²) < 4.78 is 29.4. The first-order chi connectivity index (χ1) is 11.8. The van der Waals surface area contributed by atoms with Gasteiger partial charge < -0.3 is 9.64 Å². The van der Waals surface area contributed by atoms with Gasteiger partial charge in [0.05, 0.1) is 17.5 Å². The molecule has 2 atom stereocenters. The Balaban J connectivity index is 1.84. The van der Waals surface area contributed by atoms with Crippen molar-refractivity contribution in [2.45, 2.75) is 24.0 Å². The molecule has 1 aliphatic heterocycles. The fraction of sp³-hybridized carbons (Fsp3) is 0.316. The Morgan fingerprint density at radius 3 is 2.48 bits per heavy atom. The first-order valence-corrected chi connectivity index (χ1v) is 10.0. The summed E-state index contributed by atoms with van der Waals surface area (Å²) in [6.07, 6.45) is 0.853. The fourth-order valence-electron chi connectivity index (χ4n) is 3.01. The van der Waals surface area contributed by atoms with Gasteiger partial charge in [0.15, 0.2) is 9.84 Å². The molecular formula is C19H21NO4S. The number of carbonyl (C=O) groups is 1. The Hall–Kier alpha value is -2.18. The zero-order valence-corrected chi connectivity index (χ0v) is 15.1. The van der Waals surface area contributed by atoms with Crippen molar-refractivity contribution >= 4 is 15.7 Å². The van der Waals surface area contributed by atoms with E-state index in [0.29, 0.717) is 18.7 Å². The van der Waals surface area contributed by atoms with Gasteiger partial charge in [-0.05, 0) is 30.7 Å². The average molecular weight is 359 g/mol. The molecule has 1 amide bonds. The van der Waals surface area contributed by atoms with Gasteiger partial charge in [-0.3, -0.25) is 4.79 Å². The lowest BCUT2D eigenvalue weighted by molar-refractivity contribution is -0.0691. The number of hydrogen-bond acceptors (Lipinski definition) is 4. The topological polar surface area (TPSA) is 63.7 Å². The van der Waals surface area contributed by atoms with Gasteiger partial charge in [-0.2, -0.15) is 0 Å². The normalized spacial score (nSPS) is 21.1. The molecule has 0 spiro atoms. The van der Waals surface area contributed by atoms with Gasteiger partial charge in [-0.15, -0.1) is 0 Å². The molecule has 1 saturated heterocycles. The minimum Gasteiger partial charge on any atom is -0.367 e. The van der Waals surface area contributed by atoms with Crippen LogP contribution in [0, 0.1) is 0 Å². The van der Waals surface area contributed by atoms with E-state index in [2.05, 4.69) is 0 Å². The monoisotopic (exact) mass is 359 g/mol. The Labute approximate surface area is 148 Å². The van der Waals surface area contributed by atoms with Crippen molar-refractivity contribution in [2.24, 2.45) is 0 Å². The summed E-state index contributed by atoms with van der Waals surface area (Å²) in [5.74, 6) is -0.179. The lowest BCUT2D eigenvalue weighted by atomic mass is 10.1. The first kappa shape index (κ1) is 17.6. The van der Waals surface area contributed by atoms with Crippen molar-refractivity contribution in [3.05, 3.63) is 65.7 Å². The molecule has 2 unspecified atom stereocenters. The van der Waals surface area contributed by atoms with E-state index in [1.54, 1.807) is 17.0 Å². The third kappa shape index (κ3) is 4.08. The zero-order valence-electron chi connectivity index (χ0n) is 14.3. The summed E-state index contributed by atoms with van der Waals surface area (Å²) in [5.41, 5.74) is 1.40. The van der Waals surface area contributed by atoms with Crippen LogP contribution in [-0.4, -0.2) is 44.7 Å². The van der Waals surface area contributed by atoms with E-state index in [4.69, 9.17) is 4.74 Å². The molecule has 0 aliphatic carbocycles. The smallest absolute Gasteiger partial charge is 0.254 e. The van der Waals surface area contributed by atoms with Crippen LogP contribution >= 0.6 is 0 Å². The van der Waals surface area contributed by atoms with E-state index in [0.717, 1.165) is 11.8 Å². The van der Waals surface area contributed by atoms with Crippen LogP contribution in [0.1, 0.15) is 28.9 Å². The number of carbonyl (C=O) groups excluding carboxylic acids is 1. The molecule has 0 aromatic heterocycles. The lowest BCUT2D eigenvalue weighted by Gasteiger charge is -2.37. The molecule has 6 heteroatoms. The molecule has 0 saturated carbocycles. The van der Waals surface area contributed by atoms with E-state index in [9.17, 15) is 13.2 Å². The summed E-state index contributed by atoms with van der Waals surface area (Å²) in [6.45, 7) is 2.85. The Morgan fingerprint density at radius 2 is 1.80 bits per heavy atom. The second kappa shape index (κ2) is 6.98. The number of ether oxygens (including phenoxy) is 1. The number of morpholine rings is 1. The summed E-state index contributed by atoms with van der Waals surface area (Å²) >= 11 is 0. The van der Waals surface area contributed by atoms with Crippen LogP contribution in [0.4, 0.5) is 0 Å². The van der Waals surface area contributed by atoms with Gasteiger partial charge in [-0.25, -0.2) is 8.42 Å². The van der Waals surface area contributed by atoms with Crippen LogP contribution in [0.2, 0.25) is 0 Å². The van der Waals surface area contributed by atoms with Gasteiger partial charge >= 0.3 is 0 Å². The highest BCUT2D eigenvalue weighted by molar-refractivity contribution is 7.90. The maximum atomic E-state index is 12.9. The van der Waals surface area contributed by atoms with Gasteiger partial charge in [0.2, 0.25) is 0 Å². The number of nitrogens with zero attached hydrogens (tertiary/aromatic N) is 1. The largest absolute Gasteiger partial charge is 0.367 e. The SMILES string of the molecule is CC1CN(C(=O)c2cccc(S(C)(=O)=O)c2)CC(c2ccccc2)O1. The van der Waals surface area contributed by atoms with Gasteiger partial charge in [-0.1, -0.05) is 36.4 Å². The van der Waals surface area contributed by atoms with Gasteiger partial charge in [0.1, 0.15) is 6.10 Å². The maximum Gasteiger partial charge on any atom is 0.254 e. The Kier molecular flexibility index (Phi) is 4.92. The fourth-order valence-corrected chi connectivity index (χ4v) is 3.68. The second-order valence-corrected chi connectivity index (χ2v) is 8.37. The van der Waals surface area contributed by atoms with Crippen LogP contribution in [0.15, 0.2) is 59.5 Å². The third-order valence-corrected chi connectivity index (χ3v) is 5.34. The van der Waals surface area contributed by atoms with Crippen LogP contribution in [0.5, 0.6) is 0 Å². The van der Waals surface area contributed by atoms with Gasteiger partial charge in [0.25, 0.3) is 5.91 Å². The second-order valence-electron chi connectivity index (χ2n) is 6.36. The van der Waals surface area contributed by atoms with Crippen LogP contribution in [-0.2, 0) is 14.6 Å². The number of amides is 1. The highest BCUT2D eigenvalue weighted by Gasteiger charge is 2.30. The summed E-state index contributed by atoms with van der Waals surface area (Å²) in [4.78, 5) is 14.8. The maximum absolute atomic E-state index is 12.9. The predicted molar refractivity (Wildman–Crippen MR) is 95.2 cm³/mol. The van der Waals surface area contributed by atoms with Crippen molar-refractivity contribution in [1.82, 2.24) is 4.90 Å². The number of hydrogen-bond donors (Lipinski definition) is 0. The quantitative estimate of drug-likeness (QED) is 0.845. The Bertz CT molecular complexity index is 864. The number of rotatable bonds is 3. The predicted octanol–water partition coefficient (Wildman–Crippen LogP) is 2.69. The standard InChI is InChI=1S/C19H21NO4S/c1-14-12-20(13-18(24-14)15-7-4-3-5-8-15)19(21)16-9-6-10-17(11-16)25(2,22)23/h3-11,14,18H,12-13H2,1-2H3. The molecule has 1 heterocycles. The van der Waals surface area contributed by atoms with E-state index in [-0.39, 0.29) is 23.0 Å². The molecular weight excluding hydrogens is 338 g/mol. The average Bonchev–Trinajstić information content (AvgIpc) is 2.61. The molecule has 1 aliphatic rings. The highest BCUT2D eigenvalue weighted by atomic mass is 32.2. The van der Waals surface area contributed by atoms with E-state index < -0.39 is 9.84 Å². The molecule has 2 aromatic carbocycles. The molecule has 0 N–H and O–H groups in total. The van der Waals surface area contributed by atoms with Crippen molar-refractivity contribution in [3.63, 3.8) is 0 Å². The zero-order chi connectivity index (χ0) is 18.0. The van der Waals surface area contributed by atoms with Crippen molar-refractivity contribution in [1.29, 1.82) is 0 Å². The Morgan fingerprint density at radius 1 is 1.08 bits per heavy atom. The summed E-state index contributed by atoms with van der Waals surface area (Å²) in [6, 6.07) is 16.0. The molecule has 132 valence electrons. The van der Waals surface area contributed by atoms with E-state index in [1.807, 2.05) is 37.3 Å². The van der Waals surface area contributed by atoms with Crippen molar-refractivity contribution < 1.29 is 17.9 Å². The summed E-state index contributed by atoms with van der Waals surface area (Å²) in [7, 11) is -3.35. The van der Waals surface area contributed by atoms with E-state index >= 15 is 0 Å². The lowest BCUT2D eigenvalue weighted by Crippen LogP contribution is -2.46.